The standard InChI is InChI=1S/C42H28O25/c43-12-4-10(35-31(56)23-22(42(62)66-35)21(29(54)32(57)30(23)55)18-7(12)1-13(44)24(49)27(18)52)34-17(48)6-63-39(59)9-3-16(47)37-38(67-41(61)11-5-15(46)26(51)33(58)36(11)64-37)20(9)19-8(40(60)65-34)2-14(45)25(50)28(19)53/h1-3,5,10,17,31,34-35,44-58H,4,6H2. The summed E-state index contributed by atoms with van der Waals surface area (Å²) in [6.07, 6.45) is -10.8. The number of hydrogen-bond donors (Lipinski definition) is 15. The molecule has 4 heterocycles. The number of carbonyl (C=O) groups excluding carboxylic acids is 5. The van der Waals surface area contributed by atoms with Gasteiger partial charge in [0.05, 0.1) is 16.7 Å². The summed E-state index contributed by atoms with van der Waals surface area (Å²) < 4.78 is 27.5. The molecule has 0 aromatic heterocycles. The van der Waals surface area contributed by atoms with Crippen molar-refractivity contribution in [3.05, 3.63) is 57.6 Å². The maximum atomic E-state index is 14.6. The van der Waals surface area contributed by atoms with Crippen molar-refractivity contribution < 1.29 is 124 Å². The fourth-order valence-electron chi connectivity index (χ4n) is 8.46. The number of benzene rings is 5. The highest BCUT2D eigenvalue weighted by Crippen LogP contribution is 2.60. The molecule has 0 saturated heterocycles. The van der Waals surface area contributed by atoms with Crippen LogP contribution < -0.4 is 9.47 Å². The summed E-state index contributed by atoms with van der Waals surface area (Å²) in [6, 6.07) is 2.04. The summed E-state index contributed by atoms with van der Waals surface area (Å²) in [7, 11) is 0. The van der Waals surface area contributed by atoms with Gasteiger partial charge in [0.2, 0.25) is 34.5 Å². The van der Waals surface area contributed by atoms with E-state index in [0.29, 0.717) is 24.3 Å². The molecule has 5 aromatic carbocycles. The fourth-order valence-corrected chi connectivity index (χ4v) is 8.46. The number of aromatic hydroxyl groups is 13. The van der Waals surface area contributed by atoms with Gasteiger partial charge in [0.25, 0.3) is 0 Å². The molecule has 15 N–H and O–H groups in total. The van der Waals surface area contributed by atoms with Crippen molar-refractivity contribution in [3.63, 3.8) is 0 Å². The number of aliphatic hydroxyl groups excluding tert-OH is 2. The summed E-state index contributed by atoms with van der Waals surface area (Å²) in [5.41, 5.74) is -9.78. The van der Waals surface area contributed by atoms with Gasteiger partial charge in [0, 0.05) is 51.8 Å². The molecule has 10 rings (SSSR count). The van der Waals surface area contributed by atoms with E-state index in [0.717, 1.165) is 0 Å². The zero-order valence-corrected chi connectivity index (χ0v) is 32.9. The maximum absolute atomic E-state index is 14.6. The molecule has 346 valence electrons. The second-order valence-electron chi connectivity index (χ2n) is 15.3. The van der Waals surface area contributed by atoms with Crippen LogP contribution in [-0.4, -0.2) is 131 Å². The number of ketones is 1. The Kier molecular flexibility index (Phi) is 9.41. The van der Waals surface area contributed by atoms with E-state index in [2.05, 4.69) is 0 Å². The number of esters is 4. The minimum Gasteiger partial charge on any atom is -0.504 e. The number of carbonyl (C=O) groups is 5. The molecule has 0 radical (unpaired) electrons. The highest BCUT2D eigenvalue weighted by molar-refractivity contribution is 6.13. The molecule has 5 unspecified atom stereocenters. The number of phenols is 13. The summed E-state index contributed by atoms with van der Waals surface area (Å²) >= 11 is 0. The second kappa shape index (κ2) is 14.7. The lowest BCUT2D eigenvalue weighted by Gasteiger charge is -2.40. The van der Waals surface area contributed by atoms with Crippen molar-refractivity contribution in [3.8, 4) is 114 Å². The molecule has 67 heavy (non-hydrogen) atoms. The number of aliphatic hydroxyl groups is 2. The van der Waals surface area contributed by atoms with Gasteiger partial charge in [-0.25, -0.2) is 19.2 Å². The lowest BCUT2D eigenvalue weighted by molar-refractivity contribution is -0.118. The third-order valence-corrected chi connectivity index (χ3v) is 11.6. The van der Waals surface area contributed by atoms with E-state index in [1.807, 2.05) is 0 Å². The first-order valence-corrected chi connectivity index (χ1v) is 19.0. The first-order chi connectivity index (χ1) is 31.5. The van der Waals surface area contributed by atoms with Gasteiger partial charge >= 0.3 is 23.9 Å². The first kappa shape index (κ1) is 43.0. The Morgan fingerprint density at radius 2 is 0.940 bits per heavy atom. The van der Waals surface area contributed by atoms with Crippen LogP contribution in [-0.2, 0) is 14.2 Å². The Morgan fingerprint density at radius 1 is 0.418 bits per heavy atom. The van der Waals surface area contributed by atoms with Crippen LogP contribution in [0.15, 0.2) is 24.3 Å². The molecule has 5 aliphatic rings. The number of rotatable bonds is 1. The van der Waals surface area contributed by atoms with Gasteiger partial charge in [-0.2, -0.15) is 0 Å². The summed E-state index contributed by atoms with van der Waals surface area (Å²) in [6.45, 7) is -1.32. The summed E-state index contributed by atoms with van der Waals surface area (Å²) in [5, 5.41) is 164. The van der Waals surface area contributed by atoms with Gasteiger partial charge in [-0.3, -0.25) is 4.79 Å². The number of fused-ring (bicyclic) bond motifs is 9. The lowest BCUT2D eigenvalue weighted by atomic mass is 9.75. The van der Waals surface area contributed by atoms with E-state index in [4.69, 9.17) is 23.7 Å². The predicted octanol–water partition coefficient (Wildman–Crippen LogP) is 2.05. The molecule has 5 atom stereocenters. The van der Waals surface area contributed by atoms with Gasteiger partial charge in [-0.1, -0.05) is 0 Å². The third kappa shape index (κ3) is 6.05. The lowest BCUT2D eigenvalue weighted by Crippen LogP contribution is -2.50. The van der Waals surface area contributed by atoms with E-state index in [1.54, 1.807) is 0 Å². The topological polar surface area (TPSA) is 435 Å². The summed E-state index contributed by atoms with van der Waals surface area (Å²) in [4.78, 5) is 70.7. The predicted molar refractivity (Wildman–Crippen MR) is 209 cm³/mol. The number of hydrogen-bond acceptors (Lipinski definition) is 25. The normalized spacial score (nSPS) is 20.7. The van der Waals surface area contributed by atoms with E-state index < -0.39 is 221 Å². The van der Waals surface area contributed by atoms with E-state index in [9.17, 15) is 101 Å². The maximum Gasteiger partial charge on any atom is 0.347 e. The quantitative estimate of drug-likeness (QED) is 0.0495. The van der Waals surface area contributed by atoms with Crippen molar-refractivity contribution in [2.75, 3.05) is 6.61 Å². The number of ether oxygens (including phenoxy) is 5. The molecular formula is C42H28O25. The molecule has 1 aliphatic carbocycles. The third-order valence-electron chi connectivity index (χ3n) is 11.6. The van der Waals surface area contributed by atoms with Gasteiger partial charge in [-0.15, -0.1) is 0 Å². The van der Waals surface area contributed by atoms with Crippen LogP contribution in [0.25, 0.3) is 22.3 Å². The van der Waals surface area contributed by atoms with E-state index >= 15 is 0 Å². The van der Waals surface area contributed by atoms with Crippen LogP contribution in [0.3, 0.4) is 0 Å². The van der Waals surface area contributed by atoms with Crippen molar-refractivity contribution in [2.24, 2.45) is 5.92 Å². The van der Waals surface area contributed by atoms with Crippen molar-refractivity contribution >= 4 is 29.7 Å². The molecule has 5 aromatic rings. The average molecular weight is 933 g/mol. The highest BCUT2D eigenvalue weighted by atomic mass is 16.6. The SMILES string of the molecule is O=C1Oc2c(c(O)cc3c2-c2c(cc(O)c(O)c2O)C(=O)OC(C2CC(=O)c4cc(O)c(O)c(O)c4-c4c(O)c(O)c(O)c5c4C(=O)OC2C5O)C(O)COC3=O)Oc2c1cc(O)c(O)c2O. The molecule has 0 fully saturated rings. The molecular weight excluding hydrogens is 904 g/mol. The molecule has 25 heteroatoms. The van der Waals surface area contributed by atoms with Gasteiger partial charge in [-0.05, 0) is 18.2 Å². The van der Waals surface area contributed by atoms with Crippen LogP contribution in [0.4, 0.5) is 0 Å². The molecule has 0 amide bonds. The van der Waals surface area contributed by atoms with Crippen LogP contribution in [0.1, 0.15) is 69.9 Å². The average Bonchev–Trinajstić information content (AvgIpc) is 3.43. The Morgan fingerprint density at radius 3 is 1.58 bits per heavy atom. The van der Waals surface area contributed by atoms with Crippen molar-refractivity contribution in [1.82, 2.24) is 0 Å². The van der Waals surface area contributed by atoms with Gasteiger partial charge < -0.3 is 100 Å². The Balaban J connectivity index is 1.26. The fraction of sp³-hybridized carbons (Fsp3) is 0.167. The summed E-state index contributed by atoms with van der Waals surface area (Å²) in [5.74, 6) is -30.1. The molecule has 4 aliphatic heterocycles. The second-order valence-corrected chi connectivity index (χ2v) is 15.3. The van der Waals surface area contributed by atoms with Gasteiger partial charge in [0.15, 0.2) is 63.3 Å². The minimum atomic E-state index is -2.43. The van der Waals surface area contributed by atoms with E-state index in [1.165, 1.54) is 0 Å². The monoisotopic (exact) mass is 932 g/mol. The van der Waals surface area contributed by atoms with Gasteiger partial charge in [0.1, 0.15) is 36.6 Å². The molecule has 0 saturated carbocycles. The Hall–Kier alpha value is -9.23. The number of Topliss-reactive ketones (excluding diaryl/α,β-unsaturated/α-hetero) is 1. The largest absolute Gasteiger partial charge is 0.504 e. The van der Waals surface area contributed by atoms with Crippen LogP contribution in [0.5, 0.6) is 92.0 Å². The van der Waals surface area contributed by atoms with Crippen molar-refractivity contribution in [1.29, 1.82) is 0 Å². The van der Waals surface area contributed by atoms with Crippen LogP contribution in [0, 0.1) is 5.92 Å². The first-order valence-electron chi connectivity index (χ1n) is 19.0. The van der Waals surface area contributed by atoms with Crippen molar-refractivity contribution in [2.45, 2.75) is 30.8 Å². The number of cyclic esters (lactones) is 2. The van der Waals surface area contributed by atoms with E-state index in [-0.39, 0.29) is 0 Å². The minimum absolute atomic E-state index is 0.408. The molecule has 0 spiro atoms. The molecule has 4 bridgehead atoms. The van der Waals surface area contributed by atoms with Crippen LogP contribution >= 0.6 is 0 Å². The smallest absolute Gasteiger partial charge is 0.347 e. The molecule has 25 nitrogen and oxygen atoms in total. The Bertz CT molecular complexity index is 3150. The van der Waals surface area contributed by atoms with Crippen LogP contribution in [0.2, 0.25) is 0 Å². The zero-order chi connectivity index (χ0) is 48.6. The highest BCUT2D eigenvalue weighted by Gasteiger charge is 2.52. The Labute approximate surface area is 368 Å². The zero-order valence-electron chi connectivity index (χ0n) is 32.9. The number of phenolic OH excluding ortho intramolecular Hbond substituents is 13.